The second-order valence-corrected chi connectivity index (χ2v) is 5.28. The van der Waals surface area contributed by atoms with Gasteiger partial charge in [0.15, 0.2) is 0 Å². The Balaban J connectivity index is 0.000000200. The lowest BCUT2D eigenvalue weighted by Gasteiger charge is -2.09. The van der Waals surface area contributed by atoms with Crippen molar-refractivity contribution in [2.75, 3.05) is 0 Å². The van der Waals surface area contributed by atoms with Crippen LogP contribution < -0.4 is 4.74 Å². The van der Waals surface area contributed by atoms with E-state index in [1.807, 2.05) is 24.3 Å². The van der Waals surface area contributed by atoms with Gasteiger partial charge in [0.05, 0.1) is 6.26 Å². The van der Waals surface area contributed by atoms with Gasteiger partial charge in [0.2, 0.25) is 0 Å². The molecule has 9 nitrogen and oxygen atoms in total. The zero-order valence-corrected chi connectivity index (χ0v) is 11.4. The number of benzene rings is 1. The molecule has 0 bridgehead atoms. The van der Waals surface area contributed by atoms with Gasteiger partial charge in [0.1, 0.15) is 5.75 Å². The smallest absolute Gasteiger partial charge is 0.425 e. The summed E-state index contributed by atoms with van der Waals surface area (Å²) in [7, 11) is -10.0. The third kappa shape index (κ3) is 7.18. The zero-order valence-electron chi connectivity index (χ0n) is 9.74. The number of hydrogen-bond acceptors (Lipinski definition) is 7. The Morgan fingerprint density at radius 3 is 2.05 bits per heavy atom. The van der Waals surface area contributed by atoms with E-state index in [1.54, 1.807) is 6.26 Å². The largest absolute Gasteiger partial charge is 0.465 e. The first-order valence-corrected chi connectivity index (χ1v) is 7.62. The lowest BCUT2D eigenvalue weighted by molar-refractivity contribution is -0.105. The highest BCUT2D eigenvalue weighted by Gasteiger charge is 2.13. The van der Waals surface area contributed by atoms with Crippen LogP contribution in [0.3, 0.4) is 0 Å². The molecule has 1 aliphatic rings. The Morgan fingerprint density at radius 2 is 1.55 bits per heavy atom. The van der Waals surface area contributed by atoms with E-state index >= 15 is 0 Å². The molecule has 1 heterocycles. The summed E-state index contributed by atoms with van der Waals surface area (Å²) < 4.78 is 64.1. The maximum absolute atomic E-state index is 9.51. The molecule has 0 aromatic heterocycles. The van der Waals surface area contributed by atoms with Crippen LogP contribution in [0.4, 0.5) is 0 Å². The second-order valence-electron chi connectivity index (χ2n) is 3.29. The fourth-order valence-corrected chi connectivity index (χ4v) is 1.72. The van der Waals surface area contributed by atoms with Gasteiger partial charge in [-0.25, -0.2) is 0 Å². The first kappa shape index (κ1) is 16.6. The summed E-state index contributed by atoms with van der Waals surface area (Å²) in [5.41, 5.74) is 1.27. The molecule has 11 heteroatoms. The molecule has 112 valence electrons. The van der Waals surface area contributed by atoms with Crippen molar-refractivity contribution in [3.8, 4) is 5.75 Å². The monoisotopic (exact) mass is 326 g/mol. The van der Waals surface area contributed by atoms with E-state index in [-0.39, 0.29) is 0 Å². The molecule has 0 spiro atoms. The van der Waals surface area contributed by atoms with Crippen LogP contribution in [-0.2, 0) is 35.9 Å². The van der Waals surface area contributed by atoms with E-state index in [4.69, 9.17) is 13.8 Å². The van der Waals surface area contributed by atoms with Crippen molar-refractivity contribution in [1.82, 2.24) is 0 Å². The number of hydrogen-bond donors (Lipinski definition) is 2. The summed E-state index contributed by atoms with van der Waals surface area (Å²) in [6.07, 6.45) is 4.75. The fourth-order valence-electron chi connectivity index (χ4n) is 1.15. The summed E-state index contributed by atoms with van der Waals surface area (Å²) in [6, 6.07) is 8.08. The third-order valence-electron chi connectivity index (χ3n) is 1.80. The van der Waals surface area contributed by atoms with E-state index in [2.05, 4.69) is 14.7 Å². The summed E-state index contributed by atoms with van der Waals surface area (Å²) in [5.74, 6) is 0.991. The molecule has 2 N–H and O–H groups in total. The summed E-state index contributed by atoms with van der Waals surface area (Å²) in [4.78, 5) is 0. The zero-order chi connectivity index (χ0) is 15.2. The third-order valence-corrected chi connectivity index (χ3v) is 2.37. The van der Waals surface area contributed by atoms with E-state index in [1.165, 1.54) is 5.56 Å². The number of fused-ring (bicyclic) bond motifs is 1. The maximum Gasteiger partial charge on any atom is 0.425 e. The highest BCUT2D eigenvalue weighted by atomic mass is 32.3. The van der Waals surface area contributed by atoms with Crippen LogP contribution >= 0.6 is 0 Å². The number of rotatable bonds is 3. The van der Waals surface area contributed by atoms with Crippen molar-refractivity contribution in [3.05, 3.63) is 42.2 Å². The highest BCUT2D eigenvalue weighted by molar-refractivity contribution is 7.83. The molecule has 2 rings (SSSR count). The summed E-state index contributed by atoms with van der Waals surface area (Å²) in [6.45, 7) is 0. The molecule has 0 unspecified atom stereocenters. The van der Waals surface area contributed by atoms with Gasteiger partial charge in [-0.3, -0.25) is 9.11 Å². The molecule has 0 amide bonds. The molecule has 1 aliphatic heterocycles. The number of para-hydroxylation sites is 1. The molecular formula is C9H10O9S2. The predicted octanol–water partition coefficient (Wildman–Crippen LogP) is 0.675. The molecule has 0 fully saturated rings. The SMILES string of the molecule is C1=COc2ccccc2C1.O=S(=O)(O)OOS(=O)(=O)O. The van der Waals surface area contributed by atoms with E-state index in [0.29, 0.717) is 0 Å². The number of allylic oxidation sites excluding steroid dienone is 1. The molecule has 1 aromatic rings. The molecule has 0 saturated carbocycles. The van der Waals surface area contributed by atoms with Gasteiger partial charge in [-0.05, 0) is 24.1 Å². The first-order valence-electron chi connectivity index (χ1n) is 4.89. The van der Waals surface area contributed by atoms with Gasteiger partial charge < -0.3 is 4.74 Å². The summed E-state index contributed by atoms with van der Waals surface area (Å²) in [5, 5.41) is 0. The molecule has 0 atom stereocenters. The first-order chi connectivity index (χ1) is 9.17. The van der Waals surface area contributed by atoms with Gasteiger partial charge in [0, 0.05) is 0 Å². The van der Waals surface area contributed by atoms with Crippen LogP contribution in [0.2, 0.25) is 0 Å². The molecule has 1 aromatic carbocycles. The predicted molar refractivity (Wildman–Crippen MR) is 65.2 cm³/mol. The quantitative estimate of drug-likeness (QED) is 0.466. The van der Waals surface area contributed by atoms with Crippen molar-refractivity contribution >= 4 is 20.8 Å². The molecule has 0 aliphatic carbocycles. The minimum atomic E-state index is -5.02. The highest BCUT2D eigenvalue weighted by Crippen LogP contribution is 2.21. The Bertz CT molecular complexity index is 616. The van der Waals surface area contributed by atoms with Crippen LogP contribution in [0.25, 0.3) is 0 Å². The lowest BCUT2D eigenvalue weighted by atomic mass is 10.1. The van der Waals surface area contributed by atoms with Gasteiger partial charge in [-0.2, -0.15) is 16.8 Å². The number of ether oxygens (including phenoxy) is 1. The Hall–Kier alpha value is -1.50. The standard InChI is InChI=1S/C9H8O.H2O8S2/c1-2-6-9-8(4-1)5-3-7-10-9;1-9(2,3)7-8-10(4,5)6/h1-4,6-7H,5H2;(H,1,2,3)(H,4,5,6). The van der Waals surface area contributed by atoms with Crippen molar-refractivity contribution in [1.29, 1.82) is 0 Å². The van der Waals surface area contributed by atoms with Crippen molar-refractivity contribution in [2.24, 2.45) is 0 Å². The van der Waals surface area contributed by atoms with E-state index in [0.717, 1.165) is 12.2 Å². The Labute approximate surface area is 115 Å². The Morgan fingerprint density at radius 1 is 1.00 bits per heavy atom. The van der Waals surface area contributed by atoms with Crippen LogP contribution in [0, 0.1) is 0 Å². The van der Waals surface area contributed by atoms with E-state index < -0.39 is 20.8 Å². The minimum Gasteiger partial charge on any atom is -0.465 e. The minimum absolute atomic E-state index is 0.991. The van der Waals surface area contributed by atoms with Crippen LogP contribution in [0.15, 0.2) is 36.6 Å². The van der Waals surface area contributed by atoms with Gasteiger partial charge in [0.25, 0.3) is 0 Å². The molecule has 0 saturated heterocycles. The van der Waals surface area contributed by atoms with Crippen molar-refractivity contribution in [3.63, 3.8) is 0 Å². The molecular weight excluding hydrogens is 316 g/mol. The van der Waals surface area contributed by atoms with Crippen molar-refractivity contribution in [2.45, 2.75) is 6.42 Å². The molecule has 20 heavy (non-hydrogen) atoms. The maximum atomic E-state index is 9.51. The average molecular weight is 326 g/mol. The van der Waals surface area contributed by atoms with Crippen LogP contribution in [0.5, 0.6) is 5.75 Å². The normalized spacial score (nSPS) is 13.7. The van der Waals surface area contributed by atoms with Gasteiger partial charge in [-0.1, -0.05) is 26.9 Å². The second kappa shape index (κ2) is 6.78. The fraction of sp³-hybridized carbons (Fsp3) is 0.111. The summed E-state index contributed by atoms with van der Waals surface area (Å²) >= 11 is 0. The van der Waals surface area contributed by atoms with Crippen LogP contribution in [-0.4, -0.2) is 25.9 Å². The van der Waals surface area contributed by atoms with Gasteiger partial charge in [-0.15, -0.1) is 0 Å². The van der Waals surface area contributed by atoms with Crippen LogP contribution in [0.1, 0.15) is 5.56 Å². The van der Waals surface area contributed by atoms with E-state index in [9.17, 15) is 16.8 Å². The van der Waals surface area contributed by atoms with Crippen molar-refractivity contribution < 1.29 is 39.3 Å². The Kier molecular flexibility index (Phi) is 5.62. The van der Waals surface area contributed by atoms with Gasteiger partial charge >= 0.3 is 20.8 Å². The topological polar surface area (TPSA) is 136 Å². The lowest BCUT2D eigenvalue weighted by Crippen LogP contribution is -2.10. The molecule has 0 radical (unpaired) electrons. The average Bonchev–Trinajstić information content (AvgIpc) is 2.36.